The summed E-state index contributed by atoms with van der Waals surface area (Å²) in [6.07, 6.45) is 5.09. The van der Waals surface area contributed by atoms with Crippen molar-refractivity contribution in [3.8, 4) is 0 Å². The van der Waals surface area contributed by atoms with Gasteiger partial charge in [0.25, 0.3) is 0 Å². The van der Waals surface area contributed by atoms with Gasteiger partial charge in [0, 0.05) is 28.1 Å². The predicted octanol–water partition coefficient (Wildman–Crippen LogP) is 3.68. The van der Waals surface area contributed by atoms with Crippen LogP contribution in [-0.2, 0) is 13.0 Å². The lowest BCUT2D eigenvalue weighted by Gasteiger charge is -2.08. The van der Waals surface area contributed by atoms with Crippen LogP contribution in [0.15, 0.2) is 24.5 Å². The number of hydrogen-bond donors (Lipinski definition) is 0. The highest BCUT2D eigenvalue weighted by Gasteiger charge is 2.08. The molecule has 0 fully saturated rings. The van der Waals surface area contributed by atoms with Gasteiger partial charge >= 0.3 is 0 Å². The minimum atomic E-state index is 0.487. The zero-order valence-corrected chi connectivity index (χ0v) is 10.9. The van der Waals surface area contributed by atoms with E-state index in [0.29, 0.717) is 5.92 Å². The highest BCUT2D eigenvalue weighted by atomic mass is 32.1. The highest BCUT2D eigenvalue weighted by Crippen LogP contribution is 2.20. The summed E-state index contributed by atoms with van der Waals surface area (Å²) in [5, 5.41) is 0. The van der Waals surface area contributed by atoms with Crippen LogP contribution in [0.1, 0.15) is 42.3 Å². The van der Waals surface area contributed by atoms with Gasteiger partial charge in [-0.2, -0.15) is 0 Å². The van der Waals surface area contributed by atoms with E-state index in [2.05, 4.69) is 48.7 Å². The standard InChI is InChI=1S/C13H18N2S/c1-4-11-5-6-12(16-11)9-15-8-7-14-13(15)10(2)3/h5-8,10H,4,9H2,1-3H3. The summed E-state index contributed by atoms with van der Waals surface area (Å²) in [5.41, 5.74) is 0. The summed E-state index contributed by atoms with van der Waals surface area (Å²) >= 11 is 1.90. The van der Waals surface area contributed by atoms with Gasteiger partial charge < -0.3 is 4.57 Å². The predicted molar refractivity (Wildman–Crippen MR) is 69.1 cm³/mol. The number of nitrogens with zero attached hydrogens (tertiary/aromatic N) is 2. The molecule has 16 heavy (non-hydrogen) atoms. The van der Waals surface area contributed by atoms with E-state index >= 15 is 0 Å². The molecule has 0 saturated heterocycles. The molecule has 0 aliphatic carbocycles. The molecule has 2 rings (SSSR count). The molecule has 0 aliphatic rings. The van der Waals surface area contributed by atoms with Crippen LogP contribution in [-0.4, -0.2) is 9.55 Å². The Morgan fingerprint density at radius 1 is 1.31 bits per heavy atom. The molecular weight excluding hydrogens is 216 g/mol. The minimum absolute atomic E-state index is 0.487. The number of rotatable bonds is 4. The molecule has 0 N–H and O–H groups in total. The van der Waals surface area contributed by atoms with Crippen LogP contribution < -0.4 is 0 Å². The van der Waals surface area contributed by atoms with E-state index in [1.54, 1.807) is 0 Å². The fourth-order valence-corrected chi connectivity index (χ4v) is 2.78. The van der Waals surface area contributed by atoms with Gasteiger partial charge in [-0.1, -0.05) is 20.8 Å². The van der Waals surface area contributed by atoms with E-state index in [9.17, 15) is 0 Å². The minimum Gasteiger partial charge on any atom is -0.329 e. The first-order valence-electron chi connectivity index (χ1n) is 5.79. The first-order valence-corrected chi connectivity index (χ1v) is 6.61. The van der Waals surface area contributed by atoms with Crippen LogP contribution in [0.25, 0.3) is 0 Å². The molecule has 0 saturated carbocycles. The van der Waals surface area contributed by atoms with E-state index in [1.165, 1.54) is 15.6 Å². The van der Waals surface area contributed by atoms with E-state index in [-0.39, 0.29) is 0 Å². The Balaban J connectivity index is 2.17. The van der Waals surface area contributed by atoms with Gasteiger partial charge in [-0.05, 0) is 18.6 Å². The van der Waals surface area contributed by atoms with E-state index in [4.69, 9.17) is 0 Å². The zero-order chi connectivity index (χ0) is 11.5. The van der Waals surface area contributed by atoms with Crippen molar-refractivity contribution in [3.05, 3.63) is 40.1 Å². The van der Waals surface area contributed by atoms with Crippen LogP contribution in [0.2, 0.25) is 0 Å². The van der Waals surface area contributed by atoms with Crippen LogP contribution in [0.3, 0.4) is 0 Å². The Morgan fingerprint density at radius 3 is 2.69 bits per heavy atom. The van der Waals surface area contributed by atoms with Gasteiger partial charge in [-0.15, -0.1) is 11.3 Å². The summed E-state index contributed by atoms with van der Waals surface area (Å²) in [6.45, 7) is 7.53. The number of thiophene rings is 1. The molecule has 3 heteroatoms. The molecule has 86 valence electrons. The quantitative estimate of drug-likeness (QED) is 0.789. The van der Waals surface area contributed by atoms with Crippen molar-refractivity contribution in [1.82, 2.24) is 9.55 Å². The van der Waals surface area contributed by atoms with Gasteiger partial charge in [0.2, 0.25) is 0 Å². The fraction of sp³-hybridized carbons (Fsp3) is 0.462. The van der Waals surface area contributed by atoms with E-state index < -0.39 is 0 Å². The molecule has 0 aromatic carbocycles. The van der Waals surface area contributed by atoms with Crippen molar-refractivity contribution in [3.63, 3.8) is 0 Å². The fourth-order valence-electron chi connectivity index (χ4n) is 1.82. The lowest BCUT2D eigenvalue weighted by molar-refractivity contribution is 0.674. The summed E-state index contributed by atoms with van der Waals surface area (Å²) in [6, 6.07) is 4.46. The summed E-state index contributed by atoms with van der Waals surface area (Å²) < 4.78 is 2.25. The average Bonchev–Trinajstić information content (AvgIpc) is 2.87. The van der Waals surface area contributed by atoms with E-state index in [1.807, 2.05) is 17.5 Å². The maximum absolute atomic E-state index is 4.41. The highest BCUT2D eigenvalue weighted by molar-refractivity contribution is 7.11. The Morgan fingerprint density at radius 2 is 2.06 bits per heavy atom. The van der Waals surface area contributed by atoms with Crippen molar-refractivity contribution in [2.24, 2.45) is 0 Å². The van der Waals surface area contributed by atoms with Gasteiger partial charge in [-0.25, -0.2) is 4.98 Å². The van der Waals surface area contributed by atoms with Gasteiger partial charge in [-0.3, -0.25) is 0 Å². The van der Waals surface area contributed by atoms with Gasteiger partial charge in [0.1, 0.15) is 5.82 Å². The molecule has 0 bridgehead atoms. The number of aryl methyl sites for hydroxylation is 1. The lowest BCUT2D eigenvalue weighted by atomic mass is 10.2. The molecule has 0 spiro atoms. The third kappa shape index (κ3) is 2.35. The van der Waals surface area contributed by atoms with Crippen LogP contribution in [0.4, 0.5) is 0 Å². The first kappa shape index (κ1) is 11.4. The zero-order valence-electron chi connectivity index (χ0n) is 10.1. The molecular formula is C13H18N2S. The van der Waals surface area contributed by atoms with Crippen LogP contribution in [0, 0.1) is 0 Å². The summed E-state index contributed by atoms with van der Waals surface area (Å²) in [4.78, 5) is 7.28. The monoisotopic (exact) mass is 234 g/mol. The van der Waals surface area contributed by atoms with Crippen molar-refractivity contribution < 1.29 is 0 Å². The van der Waals surface area contributed by atoms with Crippen molar-refractivity contribution in [1.29, 1.82) is 0 Å². The third-order valence-corrected chi connectivity index (χ3v) is 3.87. The van der Waals surface area contributed by atoms with Crippen LogP contribution >= 0.6 is 11.3 Å². The maximum Gasteiger partial charge on any atom is 0.111 e. The molecule has 0 aliphatic heterocycles. The summed E-state index contributed by atoms with van der Waals surface area (Å²) in [7, 11) is 0. The Labute approximate surface area is 101 Å². The van der Waals surface area contributed by atoms with Gasteiger partial charge in [0.05, 0.1) is 6.54 Å². The number of hydrogen-bond acceptors (Lipinski definition) is 2. The first-order chi connectivity index (χ1) is 7.70. The normalized spacial score (nSPS) is 11.2. The van der Waals surface area contributed by atoms with Crippen molar-refractivity contribution in [2.45, 2.75) is 39.7 Å². The number of aromatic nitrogens is 2. The molecule has 2 aromatic heterocycles. The summed E-state index contributed by atoms with van der Waals surface area (Å²) in [5.74, 6) is 1.66. The van der Waals surface area contributed by atoms with Gasteiger partial charge in [0.15, 0.2) is 0 Å². The van der Waals surface area contributed by atoms with Crippen molar-refractivity contribution in [2.75, 3.05) is 0 Å². The molecule has 2 nitrogen and oxygen atoms in total. The molecule has 0 amide bonds. The lowest BCUT2D eigenvalue weighted by Crippen LogP contribution is -2.04. The topological polar surface area (TPSA) is 17.8 Å². The second kappa shape index (κ2) is 4.83. The van der Waals surface area contributed by atoms with Crippen molar-refractivity contribution >= 4 is 11.3 Å². The Bertz CT molecular complexity index is 454. The molecule has 0 atom stereocenters. The molecule has 2 heterocycles. The SMILES string of the molecule is CCc1ccc(Cn2ccnc2C(C)C)s1. The number of imidazole rings is 1. The molecule has 0 radical (unpaired) electrons. The average molecular weight is 234 g/mol. The Kier molecular flexibility index (Phi) is 3.44. The smallest absolute Gasteiger partial charge is 0.111 e. The Hall–Kier alpha value is -1.09. The largest absolute Gasteiger partial charge is 0.329 e. The molecule has 0 unspecified atom stereocenters. The maximum atomic E-state index is 4.41. The van der Waals surface area contributed by atoms with E-state index in [0.717, 1.165) is 13.0 Å². The second-order valence-corrected chi connectivity index (χ2v) is 5.54. The molecule has 2 aromatic rings. The second-order valence-electron chi connectivity index (χ2n) is 4.29. The van der Waals surface area contributed by atoms with Crippen LogP contribution in [0.5, 0.6) is 0 Å². The third-order valence-electron chi connectivity index (χ3n) is 2.66.